The van der Waals surface area contributed by atoms with Crippen LogP contribution in [-0.2, 0) is 9.59 Å². The van der Waals surface area contributed by atoms with E-state index < -0.39 is 5.25 Å². The quantitative estimate of drug-likeness (QED) is 0.418. The van der Waals surface area contributed by atoms with Gasteiger partial charge in [0.2, 0.25) is 5.91 Å². The normalized spacial score (nSPS) is 19.1. The van der Waals surface area contributed by atoms with Gasteiger partial charge in [-0.15, -0.1) is 0 Å². The third-order valence-electron chi connectivity index (χ3n) is 6.28. The Morgan fingerprint density at radius 1 is 1.14 bits per heavy atom. The fourth-order valence-corrected chi connectivity index (χ4v) is 5.58. The van der Waals surface area contributed by atoms with Crippen LogP contribution in [0.1, 0.15) is 41.1 Å². The fourth-order valence-electron chi connectivity index (χ4n) is 4.32. The standard InChI is InChI=1S/C28H24ClFN4O2S/c1-16-6-7-17(2)22(12-16)31-26(35)15-25-27(36)32-28(37-25)34-24(19-4-3-5-20(29)13-19)14-23(33-34)18-8-10-21(30)11-9-18/h3-13,24-25H,14-15H2,1-2H3,(H,31,35)/t24-,25-/m0/s1. The number of aryl methyl sites for hydroxylation is 2. The Kier molecular flexibility index (Phi) is 7.13. The third kappa shape index (κ3) is 5.60. The van der Waals surface area contributed by atoms with Crippen LogP contribution in [0.25, 0.3) is 0 Å². The molecule has 2 heterocycles. The van der Waals surface area contributed by atoms with Gasteiger partial charge in [-0.3, -0.25) is 9.59 Å². The summed E-state index contributed by atoms with van der Waals surface area (Å²) in [5.74, 6) is -0.945. The second-order valence-corrected chi connectivity index (χ2v) is 10.7. The van der Waals surface area contributed by atoms with E-state index in [-0.39, 0.29) is 30.1 Å². The van der Waals surface area contributed by atoms with Crippen LogP contribution >= 0.6 is 23.4 Å². The molecule has 6 nitrogen and oxygen atoms in total. The Morgan fingerprint density at radius 3 is 2.68 bits per heavy atom. The highest BCUT2D eigenvalue weighted by atomic mass is 35.5. The average molecular weight is 535 g/mol. The van der Waals surface area contributed by atoms with E-state index >= 15 is 0 Å². The molecule has 5 rings (SSSR count). The van der Waals surface area contributed by atoms with Crippen LogP contribution in [0.4, 0.5) is 10.1 Å². The Bertz CT molecular complexity index is 1440. The van der Waals surface area contributed by atoms with E-state index in [0.717, 1.165) is 33.7 Å². The number of carbonyl (C=O) groups excluding carboxylic acids is 2. The molecule has 188 valence electrons. The van der Waals surface area contributed by atoms with Gasteiger partial charge in [0.05, 0.1) is 11.8 Å². The van der Waals surface area contributed by atoms with Crippen LogP contribution in [0.2, 0.25) is 5.02 Å². The highest BCUT2D eigenvalue weighted by Crippen LogP contribution is 2.39. The molecule has 37 heavy (non-hydrogen) atoms. The number of benzene rings is 3. The van der Waals surface area contributed by atoms with E-state index in [1.807, 2.05) is 50.2 Å². The van der Waals surface area contributed by atoms with E-state index in [1.165, 1.54) is 23.9 Å². The maximum absolute atomic E-state index is 13.5. The first-order chi connectivity index (χ1) is 17.8. The van der Waals surface area contributed by atoms with Crippen molar-refractivity contribution in [3.63, 3.8) is 0 Å². The summed E-state index contributed by atoms with van der Waals surface area (Å²) in [6, 6.07) is 19.2. The minimum Gasteiger partial charge on any atom is -0.326 e. The number of hydrazone groups is 1. The molecule has 2 amide bonds. The van der Waals surface area contributed by atoms with Gasteiger partial charge in [-0.2, -0.15) is 10.1 Å². The van der Waals surface area contributed by atoms with Crippen molar-refractivity contribution in [1.82, 2.24) is 5.01 Å². The number of aliphatic imine (C=N–C) groups is 1. The topological polar surface area (TPSA) is 74.1 Å². The summed E-state index contributed by atoms with van der Waals surface area (Å²) in [5, 5.41) is 9.78. The van der Waals surface area contributed by atoms with Gasteiger partial charge in [0, 0.05) is 23.6 Å². The lowest BCUT2D eigenvalue weighted by Crippen LogP contribution is -2.25. The van der Waals surface area contributed by atoms with Crippen molar-refractivity contribution < 1.29 is 14.0 Å². The SMILES string of the molecule is Cc1ccc(C)c(NC(=O)C[C@@H]2SC(N3N=C(c4ccc(F)cc4)C[C@H]3c3cccc(Cl)c3)=NC2=O)c1. The number of hydrogen-bond donors (Lipinski definition) is 1. The molecule has 3 aromatic rings. The van der Waals surface area contributed by atoms with Crippen LogP contribution in [-0.4, -0.2) is 33.0 Å². The maximum Gasteiger partial charge on any atom is 0.262 e. The molecule has 9 heteroatoms. The van der Waals surface area contributed by atoms with Gasteiger partial charge in [0.15, 0.2) is 5.17 Å². The number of amidine groups is 1. The molecule has 2 aliphatic heterocycles. The van der Waals surface area contributed by atoms with Crippen LogP contribution in [0.5, 0.6) is 0 Å². The zero-order valence-corrected chi connectivity index (χ0v) is 21.8. The summed E-state index contributed by atoms with van der Waals surface area (Å²) in [4.78, 5) is 29.9. The number of thioether (sulfide) groups is 1. The molecule has 0 unspecified atom stereocenters. The van der Waals surface area contributed by atoms with Crippen molar-refractivity contribution in [3.8, 4) is 0 Å². The minimum atomic E-state index is -0.648. The Labute approximate surface area is 223 Å². The van der Waals surface area contributed by atoms with Gasteiger partial charge >= 0.3 is 0 Å². The Morgan fingerprint density at radius 2 is 1.92 bits per heavy atom. The van der Waals surface area contributed by atoms with Crippen molar-refractivity contribution in [3.05, 3.63) is 99.8 Å². The van der Waals surface area contributed by atoms with E-state index in [2.05, 4.69) is 10.3 Å². The summed E-state index contributed by atoms with van der Waals surface area (Å²) in [7, 11) is 0. The Balaban J connectivity index is 1.36. The molecule has 0 saturated heterocycles. The summed E-state index contributed by atoms with van der Waals surface area (Å²) in [5.41, 5.74) is 5.17. The van der Waals surface area contributed by atoms with Gasteiger partial charge < -0.3 is 5.32 Å². The highest BCUT2D eigenvalue weighted by molar-refractivity contribution is 8.15. The summed E-state index contributed by atoms with van der Waals surface area (Å²) >= 11 is 7.49. The number of halogens is 2. The summed E-state index contributed by atoms with van der Waals surface area (Å²) < 4.78 is 13.5. The first kappa shape index (κ1) is 25.2. The molecule has 2 aliphatic rings. The molecule has 0 spiro atoms. The Hall–Kier alpha value is -3.49. The predicted octanol–water partition coefficient (Wildman–Crippen LogP) is 6.27. The van der Waals surface area contributed by atoms with Crippen LogP contribution < -0.4 is 5.32 Å². The van der Waals surface area contributed by atoms with Crippen LogP contribution in [0, 0.1) is 19.7 Å². The molecule has 0 fully saturated rings. The monoisotopic (exact) mass is 534 g/mol. The largest absolute Gasteiger partial charge is 0.326 e. The number of nitrogens with one attached hydrogen (secondary N) is 1. The van der Waals surface area contributed by atoms with E-state index in [1.54, 1.807) is 23.2 Å². The van der Waals surface area contributed by atoms with E-state index in [4.69, 9.17) is 16.7 Å². The molecule has 0 radical (unpaired) electrons. The van der Waals surface area contributed by atoms with Crippen molar-refractivity contribution in [2.75, 3.05) is 5.32 Å². The average Bonchev–Trinajstić information content (AvgIpc) is 3.46. The molecular formula is C28H24ClFN4O2S. The van der Waals surface area contributed by atoms with Gasteiger partial charge in [-0.1, -0.05) is 59.8 Å². The first-order valence-electron chi connectivity index (χ1n) is 11.8. The number of rotatable bonds is 5. The van der Waals surface area contributed by atoms with E-state index in [0.29, 0.717) is 16.6 Å². The molecule has 1 N–H and O–H groups in total. The van der Waals surface area contributed by atoms with Gasteiger partial charge in [-0.25, -0.2) is 9.40 Å². The number of anilines is 1. The van der Waals surface area contributed by atoms with Gasteiger partial charge in [0.1, 0.15) is 11.1 Å². The smallest absolute Gasteiger partial charge is 0.262 e. The second kappa shape index (κ2) is 10.5. The van der Waals surface area contributed by atoms with Crippen molar-refractivity contribution in [1.29, 1.82) is 0 Å². The van der Waals surface area contributed by atoms with Crippen molar-refractivity contribution in [2.24, 2.45) is 10.1 Å². The first-order valence-corrected chi connectivity index (χ1v) is 13.1. The highest BCUT2D eigenvalue weighted by Gasteiger charge is 2.39. The van der Waals surface area contributed by atoms with Crippen LogP contribution in [0.3, 0.4) is 0 Å². The van der Waals surface area contributed by atoms with Gasteiger partial charge in [0.25, 0.3) is 5.91 Å². The molecular weight excluding hydrogens is 511 g/mol. The lowest BCUT2D eigenvalue weighted by Gasteiger charge is -2.23. The molecule has 2 atom stereocenters. The molecule has 3 aromatic carbocycles. The van der Waals surface area contributed by atoms with Crippen LogP contribution in [0.15, 0.2) is 76.8 Å². The predicted molar refractivity (Wildman–Crippen MR) is 147 cm³/mol. The number of hydrogen-bond acceptors (Lipinski definition) is 5. The zero-order chi connectivity index (χ0) is 26.1. The minimum absolute atomic E-state index is 0.00587. The fraction of sp³-hybridized carbons (Fsp3) is 0.214. The summed E-state index contributed by atoms with van der Waals surface area (Å²) in [6.45, 7) is 3.88. The zero-order valence-electron chi connectivity index (χ0n) is 20.2. The molecule has 0 aromatic heterocycles. The third-order valence-corrected chi connectivity index (χ3v) is 7.66. The summed E-state index contributed by atoms with van der Waals surface area (Å²) in [6.07, 6.45) is 0.519. The number of amides is 2. The number of carbonyl (C=O) groups is 2. The number of nitrogens with zero attached hydrogens (tertiary/aromatic N) is 3. The second-order valence-electron chi connectivity index (χ2n) is 9.08. The molecule has 0 bridgehead atoms. The molecule has 0 saturated carbocycles. The maximum atomic E-state index is 13.5. The lowest BCUT2D eigenvalue weighted by molar-refractivity contribution is -0.121. The van der Waals surface area contributed by atoms with Crippen molar-refractivity contribution >= 4 is 51.7 Å². The molecule has 0 aliphatic carbocycles. The lowest BCUT2D eigenvalue weighted by atomic mass is 9.98. The van der Waals surface area contributed by atoms with Gasteiger partial charge in [-0.05, 0) is 66.4 Å². The van der Waals surface area contributed by atoms with Crippen molar-refractivity contribution in [2.45, 2.75) is 38.0 Å². The van der Waals surface area contributed by atoms with E-state index in [9.17, 15) is 14.0 Å².